The topological polar surface area (TPSA) is 83.9 Å². The number of halogens is 4. The first-order valence-electron chi connectivity index (χ1n) is 6.07. The summed E-state index contributed by atoms with van der Waals surface area (Å²) < 4.78 is 43.2. The van der Waals surface area contributed by atoms with Crippen LogP contribution in [0.3, 0.4) is 0 Å². The van der Waals surface area contributed by atoms with Gasteiger partial charge in [0.15, 0.2) is 6.04 Å². The molecule has 1 aromatic heterocycles. The average Bonchev–Trinajstić information content (AvgIpc) is 2.82. The van der Waals surface area contributed by atoms with Gasteiger partial charge in [-0.05, 0) is 28.2 Å². The molecule has 1 rings (SSSR count). The van der Waals surface area contributed by atoms with E-state index in [0.29, 0.717) is 0 Å². The number of carboxylic acids is 1. The van der Waals surface area contributed by atoms with E-state index < -0.39 is 36.6 Å². The maximum atomic E-state index is 12.8. The monoisotopic (exact) mass is 417 g/mol. The molecule has 0 aliphatic rings. The van der Waals surface area contributed by atoms with Crippen LogP contribution in [0.1, 0.15) is 18.5 Å². The van der Waals surface area contributed by atoms with Crippen molar-refractivity contribution in [1.29, 1.82) is 0 Å². The first kappa shape index (κ1) is 19.4. The minimum absolute atomic E-state index is 0.0206. The fraction of sp³-hybridized carbons (Fsp3) is 0.417. The highest BCUT2D eigenvalue weighted by atomic mass is 79.9. The Balaban J connectivity index is 3.37. The van der Waals surface area contributed by atoms with Crippen molar-refractivity contribution < 1.29 is 37.4 Å². The molecule has 1 atom stereocenters. The molecule has 11 heteroatoms. The van der Waals surface area contributed by atoms with Crippen molar-refractivity contribution in [2.24, 2.45) is 0 Å². The highest BCUT2D eigenvalue weighted by molar-refractivity contribution is 9.10. The molecule has 0 aliphatic carbocycles. The Morgan fingerprint density at radius 3 is 2.39 bits per heavy atom. The van der Waals surface area contributed by atoms with E-state index in [4.69, 9.17) is 9.84 Å². The van der Waals surface area contributed by atoms with Gasteiger partial charge in [-0.1, -0.05) is 0 Å². The molecule has 0 fully saturated rings. The molecule has 0 aromatic carbocycles. The summed E-state index contributed by atoms with van der Waals surface area (Å²) in [5.74, 6) is -5.27. The van der Waals surface area contributed by atoms with E-state index in [1.54, 1.807) is 0 Å². The van der Waals surface area contributed by atoms with Gasteiger partial charge in [-0.25, -0.2) is 4.79 Å². The largest absolute Gasteiger partial charge is 0.480 e. The fourth-order valence-electron chi connectivity index (χ4n) is 1.72. The van der Waals surface area contributed by atoms with Crippen LogP contribution >= 0.6 is 27.3 Å². The Hall–Kier alpha value is -1.62. The number of hydrogen-bond donors (Lipinski definition) is 1. The van der Waals surface area contributed by atoms with Crippen molar-refractivity contribution in [1.82, 2.24) is 4.90 Å². The van der Waals surface area contributed by atoms with E-state index in [-0.39, 0.29) is 21.5 Å². The van der Waals surface area contributed by atoms with Crippen molar-refractivity contribution in [3.8, 4) is 0 Å². The minimum atomic E-state index is -5.33. The highest BCUT2D eigenvalue weighted by Crippen LogP contribution is 2.34. The SMILES string of the molecule is CCOC(=O)C(c1cscc1Br)N(CC(=O)O)C(=O)C(F)(F)F. The second kappa shape index (κ2) is 7.77. The number of amides is 1. The Kier molecular flexibility index (Phi) is 6.57. The van der Waals surface area contributed by atoms with Crippen molar-refractivity contribution in [3.05, 3.63) is 20.8 Å². The van der Waals surface area contributed by atoms with Gasteiger partial charge >= 0.3 is 24.0 Å². The summed E-state index contributed by atoms with van der Waals surface area (Å²) in [5.41, 5.74) is 0.0206. The first-order valence-corrected chi connectivity index (χ1v) is 7.81. The quantitative estimate of drug-likeness (QED) is 0.719. The lowest BCUT2D eigenvalue weighted by Crippen LogP contribution is -2.48. The average molecular weight is 418 g/mol. The minimum Gasteiger partial charge on any atom is -0.480 e. The number of carbonyl (C=O) groups excluding carboxylic acids is 2. The lowest BCUT2D eigenvalue weighted by Gasteiger charge is -2.29. The van der Waals surface area contributed by atoms with Crippen LogP contribution in [-0.4, -0.2) is 47.2 Å². The van der Waals surface area contributed by atoms with Crippen LogP contribution in [0.4, 0.5) is 13.2 Å². The van der Waals surface area contributed by atoms with Crippen LogP contribution in [0, 0.1) is 0 Å². The Labute approximate surface area is 141 Å². The van der Waals surface area contributed by atoms with E-state index >= 15 is 0 Å². The van der Waals surface area contributed by atoms with Crippen LogP contribution < -0.4 is 0 Å². The Morgan fingerprint density at radius 1 is 1.39 bits per heavy atom. The molecule has 1 heterocycles. The third-order valence-electron chi connectivity index (χ3n) is 2.57. The molecule has 1 N–H and O–H groups in total. The molecule has 1 amide bonds. The molecule has 0 saturated heterocycles. The van der Waals surface area contributed by atoms with Crippen molar-refractivity contribution in [2.75, 3.05) is 13.2 Å². The second-order valence-electron chi connectivity index (χ2n) is 4.15. The van der Waals surface area contributed by atoms with Gasteiger partial charge in [0, 0.05) is 15.4 Å². The van der Waals surface area contributed by atoms with E-state index in [2.05, 4.69) is 15.9 Å². The molecule has 1 aromatic rings. The zero-order valence-corrected chi connectivity index (χ0v) is 14.0. The number of alkyl halides is 3. The number of thiophene rings is 1. The van der Waals surface area contributed by atoms with E-state index in [9.17, 15) is 27.6 Å². The molecule has 1 unspecified atom stereocenters. The molecule has 23 heavy (non-hydrogen) atoms. The molecule has 0 aliphatic heterocycles. The molecule has 6 nitrogen and oxygen atoms in total. The summed E-state index contributed by atoms with van der Waals surface area (Å²) in [5, 5.41) is 11.6. The van der Waals surface area contributed by atoms with Crippen molar-refractivity contribution in [3.63, 3.8) is 0 Å². The third kappa shape index (κ3) is 4.93. The number of hydrogen-bond acceptors (Lipinski definition) is 5. The van der Waals surface area contributed by atoms with Crippen LogP contribution in [0.5, 0.6) is 0 Å². The summed E-state index contributed by atoms with van der Waals surface area (Å²) in [6.45, 7) is -0.00689. The molecule has 0 bridgehead atoms. The van der Waals surface area contributed by atoms with Crippen LogP contribution in [0.15, 0.2) is 15.2 Å². The Bertz CT molecular complexity index is 604. The fourth-order valence-corrected chi connectivity index (χ4v) is 3.25. The lowest BCUT2D eigenvalue weighted by molar-refractivity contribution is -0.191. The maximum absolute atomic E-state index is 12.8. The van der Waals surface area contributed by atoms with Gasteiger partial charge in [0.2, 0.25) is 0 Å². The lowest BCUT2D eigenvalue weighted by atomic mass is 10.1. The third-order valence-corrected chi connectivity index (χ3v) is 4.32. The predicted octanol–water partition coefficient (Wildman–Crippen LogP) is 2.59. The number of carbonyl (C=O) groups is 3. The van der Waals surface area contributed by atoms with Gasteiger partial charge in [0.05, 0.1) is 6.61 Å². The van der Waals surface area contributed by atoms with Gasteiger partial charge in [-0.2, -0.15) is 24.5 Å². The number of aliphatic carboxylic acids is 1. The van der Waals surface area contributed by atoms with Crippen LogP contribution in [0.2, 0.25) is 0 Å². The van der Waals surface area contributed by atoms with Gasteiger partial charge in [-0.15, -0.1) is 0 Å². The highest BCUT2D eigenvalue weighted by Gasteiger charge is 2.48. The summed E-state index contributed by atoms with van der Waals surface area (Å²) >= 11 is 4.12. The first-order chi connectivity index (χ1) is 10.6. The number of rotatable bonds is 6. The van der Waals surface area contributed by atoms with Gasteiger partial charge in [-0.3, -0.25) is 9.59 Å². The normalized spacial score (nSPS) is 12.6. The summed E-state index contributed by atoms with van der Waals surface area (Å²) in [6, 6.07) is -1.82. The van der Waals surface area contributed by atoms with Gasteiger partial charge < -0.3 is 14.7 Å². The van der Waals surface area contributed by atoms with E-state index in [1.165, 1.54) is 17.7 Å². The number of nitrogens with zero attached hydrogens (tertiary/aromatic N) is 1. The number of esters is 1. The Morgan fingerprint density at radius 2 is 2.00 bits per heavy atom. The van der Waals surface area contributed by atoms with Crippen LogP contribution in [-0.2, 0) is 19.1 Å². The number of carboxylic acid groups (broad SMARTS) is 1. The van der Waals surface area contributed by atoms with Crippen molar-refractivity contribution >= 4 is 45.1 Å². The van der Waals surface area contributed by atoms with Crippen molar-refractivity contribution in [2.45, 2.75) is 19.1 Å². The maximum Gasteiger partial charge on any atom is 0.471 e. The summed E-state index contributed by atoms with van der Waals surface area (Å²) in [4.78, 5) is 34.4. The second-order valence-corrected chi connectivity index (χ2v) is 5.75. The van der Waals surface area contributed by atoms with E-state index in [1.807, 2.05) is 0 Å². The van der Waals surface area contributed by atoms with Gasteiger partial charge in [0.1, 0.15) is 6.54 Å². The predicted molar refractivity (Wildman–Crippen MR) is 76.8 cm³/mol. The molecular formula is C12H11BrF3NO5S. The zero-order chi connectivity index (χ0) is 17.8. The molecule has 128 valence electrons. The molecule has 0 spiro atoms. The zero-order valence-electron chi connectivity index (χ0n) is 11.6. The molecular weight excluding hydrogens is 407 g/mol. The number of ether oxygens (including phenoxy) is 1. The van der Waals surface area contributed by atoms with Gasteiger partial charge in [0.25, 0.3) is 0 Å². The summed E-state index contributed by atoms with van der Waals surface area (Å²) in [7, 11) is 0. The molecule has 0 radical (unpaired) electrons. The van der Waals surface area contributed by atoms with E-state index in [0.717, 1.165) is 11.3 Å². The van der Waals surface area contributed by atoms with Crippen LogP contribution in [0.25, 0.3) is 0 Å². The molecule has 0 saturated carbocycles. The smallest absolute Gasteiger partial charge is 0.471 e. The standard InChI is InChI=1S/C12H11BrF3NO5S/c1-2-22-10(20)9(6-4-23-5-7(6)13)17(3-8(18)19)11(21)12(14,15)16/h4-5,9H,2-3H2,1H3,(H,18,19). The summed E-state index contributed by atoms with van der Waals surface area (Å²) in [6.07, 6.45) is -5.33.